The molecule has 1 spiro atoms. The quantitative estimate of drug-likeness (QED) is 0.261. The van der Waals surface area contributed by atoms with Gasteiger partial charge in [-0.15, -0.1) is 10.2 Å². The zero-order valence-corrected chi connectivity index (χ0v) is 21.6. The first-order valence-corrected chi connectivity index (χ1v) is 12.8. The van der Waals surface area contributed by atoms with Crippen LogP contribution in [0.5, 0.6) is 0 Å². The summed E-state index contributed by atoms with van der Waals surface area (Å²) in [4.78, 5) is 2.47. The molecule has 1 aliphatic carbocycles. The normalized spacial score (nSPS) is 20.9. The maximum absolute atomic E-state index is 14.1. The third-order valence-corrected chi connectivity index (χ3v) is 7.88. The first kappa shape index (κ1) is 25.7. The van der Waals surface area contributed by atoms with Crippen LogP contribution in [0.4, 0.5) is 17.6 Å². The van der Waals surface area contributed by atoms with E-state index in [1.807, 2.05) is 30.3 Å². The lowest BCUT2D eigenvalue weighted by molar-refractivity contribution is -0.139. The fraction of sp³-hybridized carbons (Fsp3) is 0.333. The Morgan fingerprint density at radius 2 is 1.59 bits per heavy atom. The van der Waals surface area contributed by atoms with Gasteiger partial charge in [0.25, 0.3) is 0 Å². The third kappa shape index (κ3) is 4.74. The summed E-state index contributed by atoms with van der Waals surface area (Å²) < 4.78 is 65.0. The van der Waals surface area contributed by atoms with Gasteiger partial charge in [-0.3, -0.25) is 4.90 Å². The molecule has 3 aromatic carbocycles. The summed E-state index contributed by atoms with van der Waals surface area (Å²) in [5.74, 6) is -1.22. The Balaban J connectivity index is 1.28. The maximum atomic E-state index is 14.1. The van der Waals surface area contributed by atoms with E-state index in [-0.39, 0.29) is 22.9 Å². The highest BCUT2D eigenvalue weighted by atomic mass is 19.4. The predicted molar refractivity (Wildman–Crippen MR) is 137 cm³/mol. The zero-order chi connectivity index (χ0) is 27.4. The number of hydrogen-bond donors (Lipinski definition) is 0. The molecule has 1 aliphatic heterocycles. The lowest BCUT2D eigenvalue weighted by Gasteiger charge is -2.45. The molecule has 0 radical (unpaired) electrons. The van der Waals surface area contributed by atoms with Crippen LogP contribution in [0.3, 0.4) is 0 Å². The number of aromatic nitrogens is 2. The van der Waals surface area contributed by atoms with Gasteiger partial charge in [0, 0.05) is 17.7 Å². The number of rotatable bonds is 4. The number of nitrogens with zero attached hydrogens (tertiary/aromatic N) is 3. The van der Waals surface area contributed by atoms with Crippen LogP contribution < -0.4 is 0 Å². The van der Waals surface area contributed by atoms with Gasteiger partial charge in [0.15, 0.2) is 0 Å². The molecule has 0 unspecified atom stereocenters. The van der Waals surface area contributed by atoms with E-state index in [1.165, 1.54) is 16.7 Å². The smallest absolute Gasteiger partial charge is 0.416 e. The summed E-state index contributed by atoms with van der Waals surface area (Å²) in [5.41, 5.74) is 2.51. The largest absolute Gasteiger partial charge is 0.419 e. The molecule has 0 amide bonds. The first-order valence-electron chi connectivity index (χ1n) is 12.8. The molecule has 0 bridgehead atoms. The van der Waals surface area contributed by atoms with Crippen LogP contribution in [0.1, 0.15) is 42.5 Å². The van der Waals surface area contributed by atoms with Gasteiger partial charge in [-0.1, -0.05) is 36.4 Å². The highest BCUT2D eigenvalue weighted by Crippen LogP contribution is 2.45. The number of aryl methyl sites for hydroxylation is 1. The molecule has 6 rings (SSSR count). The van der Waals surface area contributed by atoms with Crippen molar-refractivity contribution in [3.63, 3.8) is 0 Å². The van der Waals surface area contributed by atoms with Crippen molar-refractivity contribution in [3.05, 3.63) is 94.8 Å². The van der Waals surface area contributed by atoms with E-state index in [0.717, 1.165) is 37.9 Å². The van der Waals surface area contributed by atoms with Crippen LogP contribution >= 0.6 is 0 Å². The fourth-order valence-electron chi connectivity index (χ4n) is 5.83. The van der Waals surface area contributed by atoms with Crippen molar-refractivity contribution in [3.8, 4) is 22.9 Å². The van der Waals surface area contributed by atoms with Crippen molar-refractivity contribution in [1.29, 1.82) is 0 Å². The Morgan fingerprint density at radius 3 is 2.28 bits per heavy atom. The topological polar surface area (TPSA) is 51.4 Å². The molecular formula is C30H27F4N3O2. The Morgan fingerprint density at radius 1 is 0.897 bits per heavy atom. The Kier molecular flexibility index (Phi) is 6.11. The molecule has 1 atom stereocenters. The summed E-state index contributed by atoms with van der Waals surface area (Å²) in [5, 5.41) is 8.06. The Hall–Kier alpha value is -3.56. The average Bonchev–Trinajstić information content (AvgIpc) is 3.48. The molecule has 0 saturated carbocycles. The third-order valence-electron chi connectivity index (χ3n) is 7.88. The summed E-state index contributed by atoms with van der Waals surface area (Å²) >= 11 is 0. The summed E-state index contributed by atoms with van der Waals surface area (Å²) in [6.45, 7) is 5.63. The predicted octanol–water partition coefficient (Wildman–Crippen LogP) is 7.06. The Labute approximate surface area is 223 Å². The number of alkyl halides is 3. The molecular weight excluding hydrogens is 510 g/mol. The van der Waals surface area contributed by atoms with Crippen LogP contribution in [0, 0.1) is 5.82 Å². The van der Waals surface area contributed by atoms with Gasteiger partial charge >= 0.3 is 6.18 Å². The molecule has 4 aromatic rings. The summed E-state index contributed by atoms with van der Waals surface area (Å²) in [6.07, 6.45) is -2.11. The summed E-state index contributed by atoms with van der Waals surface area (Å²) in [6, 6.07) is 18.9. The van der Waals surface area contributed by atoms with Gasteiger partial charge in [0.05, 0.1) is 17.7 Å². The van der Waals surface area contributed by atoms with E-state index in [9.17, 15) is 17.6 Å². The van der Waals surface area contributed by atoms with Crippen molar-refractivity contribution in [2.75, 3.05) is 6.61 Å². The number of hydrogen-bond acceptors (Lipinski definition) is 5. The van der Waals surface area contributed by atoms with Crippen LogP contribution in [0.2, 0.25) is 0 Å². The van der Waals surface area contributed by atoms with E-state index in [1.54, 1.807) is 0 Å². The van der Waals surface area contributed by atoms with Crippen LogP contribution in [-0.2, 0) is 30.3 Å². The van der Waals surface area contributed by atoms with Gasteiger partial charge in [-0.2, -0.15) is 13.2 Å². The molecule has 2 aliphatic rings. The van der Waals surface area contributed by atoms with Crippen LogP contribution in [-0.4, -0.2) is 33.0 Å². The molecule has 39 heavy (non-hydrogen) atoms. The molecule has 9 heteroatoms. The van der Waals surface area contributed by atoms with Gasteiger partial charge in [-0.05, 0) is 80.1 Å². The highest BCUT2D eigenvalue weighted by molar-refractivity contribution is 5.60. The lowest BCUT2D eigenvalue weighted by atomic mass is 9.76. The van der Waals surface area contributed by atoms with E-state index in [2.05, 4.69) is 47.1 Å². The molecule has 1 saturated heterocycles. The van der Waals surface area contributed by atoms with Crippen LogP contribution in [0.25, 0.3) is 22.9 Å². The van der Waals surface area contributed by atoms with Crippen molar-refractivity contribution in [2.45, 2.75) is 57.1 Å². The SMILES string of the molecule is CC1(C)OC[C@@]2(CCc3ccc(-c4nnc(-c5ccc(C(F)(F)F)c(F)c5)o4)cc3C2)N1Cc1ccccc1. The molecule has 1 fully saturated rings. The van der Waals surface area contributed by atoms with Crippen molar-refractivity contribution in [1.82, 2.24) is 15.1 Å². The van der Waals surface area contributed by atoms with Crippen molar-refractivity contribution in [2.24, 2.45) is 0 Å². The van der Waals surface area contributed by atoms with Crippen molar-refractivity contribution >= 4 is 0 Å². The van der Waals surface area contributed by atoms with E-state index < -0.39 is 23.3 Å². The minimum Gasteiger partial charge on any atom is -0.416 e. The standard InChI is InChI=1S/C30H27F4N3O2/c1-28(2)37(17-19-6-4-3-5-7-19)29(18-38-28)13-12-20-8-9-21(14-23(20)16-29)26-35-36-27(39-26)22-10-11-24(25(31)15-22)30(32,33)34/h3-11,14-15H,12-13,16-18H2,1-2H3/t29-/m0/s1. The highest BCUT2D eigenvalue weighted by Gasteiger charge is 2.52. The number of fused-ring (bicyclic) bond motifs is 1. The summed E-state index contributed by atoms with van der Waals surface area (Å²) in [7, 11) is 0. The van der Waals surface area contributed by atoms with E-state index in [4.69, 9.17) is 9.15 Å². The number of ether oxygens (including phenoxy) is 1. The van der Waals surface area contributed by atoms with Gasteiger partial charge in [0.2, 0.25) is 11.8 Å². The second-order valence-corrected chi connectivity index (χ2v) is 10.8. The zero-order valence-electron chi connectivity index (χ0n) is 21.6. The van der Waals surface area contributed by atoms with Gasteiger partial charge < -0.3 is 9.15 Å². The molecule has 1 aromatic heterocycles. The molecule has 5 nitrogen and oxygen atoms in total. The average molecular weight is 538 g/mol. The molecule has 0 N–H and O–H groups in total. The monoisotopic (exact) mass is 537 g/mol. The van der Waals surface area contributed by atoms with Crippen LogP contribution in [0.15, 0.2) is 71.1 Å². The fourth-order valence-corrected chi connectivity index (χ4v) is 5.83. The second kappa shape index (κ2) is 9.27. The maximum Gasteiger partial charge on any atom is 0.419 e. The lowest BCUT2D eigenvalue weighted by Crippen LogP contribution is -2.54. The minimum atomic E-state index is -4.78. The molecule has 2 heterocycles. The second-order valence-electron chi connectivity index (χ2n) is 10.8. The number of halogens is 4. The molecule has 202 valence electrons. The van der Waals surface area contributed by atoms with E-state index >= 15 is 0 Å². The Bertz CT molecular complexity index is 1520. The minimum absolute atomic E-state index is 0.0493. The number of benzene rings is 3. The van der Waals surface area contributed by atoms with E-state index in [0.29, 0.717) is 18.2 Å². The first-order chi connectivity index (χ1) is 18.5. The van der Waals surface area contributed by atoms with Gasteiger partial charge in [0.1, 0.15) is 11.5 Å². The van der Waals surface area contributed by atoms with Gasteiger partial charge in [-0.25, -0.2) is 4.39 Å². The van der Waals surface area contributed by atoms with Crippen molar-refractivity contribution < 1.29 is 26.7 Å².